The molecule has 0 aliphatic rings. The fraction of sp³-hybridized carbons (Fsp3) is 0.727. The first-order chi connectivity index (χ1) is 8.46. The number of carboxylic acids is 1. The number of aliphatic hydroxyl groups is 1. The zero-order valence-electron chi connectivity index (χ0n) is 10.6. The van der Waals surface area contributed by atoms with Crippen LogP contribution >= 0.6 is 0 Å². The Bertz CT molecular complexity index is 327. The van der Waals surface area contributed by atoms with E-state index in [1.807, 2.05) is 6.07 Å². The van der Waals surface area contributed by atoms with Crippen LogP contribution in [-0.2, 0) is 4.79 Å². The fourth-order valence-electron chi connectivity index (χ4n) is 1.35. The van der Waals surface area contributed by atoms with Crippen LogP contribution in [0.3, 0.4) is 0 Å². The third-order valence-corrected chi connectivity index (χ3v) is 2.40. The molecule has 0 rings (SSSR count). The van der Waals surface area contributed by atoms with Crippen LogP contribution in [0.5, 0.6) is 0 Å². The van der Waals surface area contributed by atoms with Crippen LogP contribution in [0.1, 0.15) is 20.3 Å². The molecule has 7 nitrogen and oxygen atoms in total. The number of hydrogen-bond acceptors (Lipinski definition) is 4. The van der Waals surface area contributed by atoms with Gasteiger partial charge in [0.05, 0.1) is 12.0 Å². The summed E-state index contributed by atoms with van der Waals surface area (Å²) >= 11 is 0. The summed E-state index contributed by atoms with van der Waals surface area (Å²) in [6.45, 7) is 3.72. The van der Waals surface area contributed by atoms with Crippen molar-refractivity contribution in [3.05, 3.63) is 0 Å². The lowest BCUT2D eigenvalue weighted by Gasteiger charge is -2.24. The third kappa shape index (κ3) is 5.50. The number of rotatable bonds is 7. The largest absolute Gasteiger partial charge is 0.480 e. The van der Waals surface area contributed by atoms with Gasteiger partial charge in [0.2, 0.25) is 0 Å². The first-order valence-corrected chi connectivity index (χ1v) is 5.74. The lowest BCUT2D eigenvalue weighted by molar-refractivity contribution is -0.139. The molecule has 0 fully saturated rings. The van der Waals surface area contributed by atoms with Gasteiger partial charge in [-0.15, -0.1) is 0 Å². The Morgan fingerprint density at radius 3 is 2.50 bits per heavy atom. The fourth-order valence-corrected chi connectivity index (χ4v) is 1.35. The highest BCUT2D eigenvalue weighted by Crippen LogP contribution is 2.01. The summed E-state index contributed by atoms with van der Waals surface area (Å²) in [5, 5.41) is 28.5. The number of nitrogens with zero attached hydrogens (tertiary/aromatic N) is 2. The number of nitrogens with one attached hydrogen (secondary N) is 1. The summed E-state index contributed by atoms with van der Waals surface area (Å²) in [5.41, 5.74) is 0. The second-order valence-corrected chi connectivity index (χ2v) is 3.92. The van der Waals surface area contributed by atoms with Crippen LogP contribution in [0.15, 0.2) is 0 Å². The molecular weight excluding hydrogens is 238 g/mol. The van der Waals surface area contributed by atoms with Crippen LogP contribution in [0.4, 0.5) is 4.79 Å². The summed E-state index contributed by atoms with van der Waals surface area (Å²) < 4.78 is 0. The van der Waals surface area contributed by atoms with Gasteiger partial charge in [0.1, 0.15) is 6.04 Å². The van der Waals surface area contributed by atoms with Gasteiger partial charge >= 0.3 is 12.0 Å². The Kier molecular flexibility index (Phi) is 7.47. The molecule has 0 radical (unpaired) electrons. The molecule has 0 aromatic rings. The molecule has 102 valence electrons. The minimum Gasteiger partial charge on any atom is -0.480 e. The number of hydrogen-bond donors (Lipinski definition) is 3. The van der Waals surface area contributed by atoms with Gasteiger partial charge in [-0.05, 0) is 13.8 Å². The van der Waals surface area contributed by atoms with E-state index < -0.39 is 18.0 Å². The van der Waals surface area contributed by atoms with Gasteiger partial charge in [0, 0.05) is 26.1 Å². The topological polar surface area (TPSA) is 114 Å². The van der Waals surface area contributed by atoms with E-state index in [1.54, 1.807) is 13.8 Å². The van der Waals surface area contributed by atoms with E-state index in [1.165, 1.54) is 4.90 Å². The van der Waals surface area contributed by atoms with Gasteiger partial charge in [-0.3, -0.25) is 0 Å². The molecule has 0 aromatic heterocycles. The van der Waals surface area contributed by atoms with Crippen molar-refractivity contribution in [3.63, 3.8) is 0 Å². The molecule has 0 bridgehead atoms. The van der Waals surface area contributed by atoms with E-state index in [0.717, 1.165) is 0 Å². The van der Waals surface area contributed by atoms with E-state index in [9.17, 15) is 9.59 Å². The quantitative estimate of drug-likeness (QED) is 0.594. The standard InChI is InChI=1S/C11H19N3O4/c1-3-14(7-8(2)6-12)11(18)13-9(4-5-15)10(16)17/h8-9,15H,3-5,7H2,1-2H3,(H,13,18)(H,16,17). The maximum atomic E-state index is 11.8. The van der Waals surface area contributed by atoms with Crippen molar-refractivity contribution >= 4 is 12.0 Å². The van der Waals surface area contributed by atoms with Crippen molar-refractivity contribution in [1.29, 1.82) is 5.26 Å². The molecule has 0 aromatic carbocycles. The van der Waals surface area contributed by atoms with Crippen molar-refractivity contribution in [2.75, 3.05) is 19.7 Å². The molecule has 2 atom stereocenters. The van der Waals surface area contributed by atoms with Crippen molar-refractivity contribution in [2.24, 2.45) is 5.92 Å². The van der Waals surface area contributed by atoms with E-state index in [2.05, 4.69) is 5.32 Å². The van der Waals surface area contributed by atoms with Crippen molar-refractivity contribution in [1.82, 2.24) is 10.2 Å². The minimum atomic E-state index is -1.19. The molecule has 0 spiro atoms. The van der Waals surface area contributed by atoms with Crippen LogP contribution in [-0.4, -0.2) is 52.9 Å². The summed E-state index contributed by atoms with van der Waals surface area (Å²) in [7, 11) is 0. The smallest absolute Gasteiger partial charge is 0.326 e. The zero-order chi connectivity index (χ0) is 14.1. The summed E-state index contributed by atoms with van der Waals surface area (Å²) in [6, 6.07) is 0.350. The lowest BCUT2D eigenvalue weighted by atomic mass is 10.2. The number of carbonyl (C=O) groups is 2. The average Bonchev–Trinajstić information content (AvgIpc) is 2.34. The van der Waals surface area contributed by atoms with Crippen molar-refractivity contribution in [2.45, 2.75) is 26.3 Å². The summed E-state index contributed by atoms with van der Waals surface area (Å²) in [4.78, 5) is 24.0. The normalized spacial score (nSPS) is 13.2. The summed E-state index contributed by atoms with van der Waals surface area (Å²) in [5.74, 6) is -1.52. The number of carboxylic acid groups (broad SMARTS) is 1. The van der Waals surface area contributed by atoms with Crippen LogP contribution in [0, 0.1) is 17.2 Å². The van der Waals surface area contributed by atoms with Gasteiger partial charge in [0.25, 0.3) is 0 Å². The number of aliphatic carboxylic acids is 1. The van der Waals surface area contributed by atoms with E-state index in [4.69, 9.17) is 15.5 Å². The maximum Gasteiger partial charge on any atom is 0.326 e. The van der Waals surface area contributed by atoms with E-state index in [-0.39, 0.29) is 25.5 Å². The highest BCUT2D eigenvalue weighted by Gasteiger charge is 2.22. The van der Waals surface area contributed by atoms with Crippen LogP contribution < -0.4 is 5.32 Å². The molecule has 0 heterocycles. The van der Waals surface area contributed by atoms with Crippen molar-refractivity contribution < 1.29 is 19.8 Å². The van der Waals surface area contributed by atoms with Crippen LogP contribution in [0.2, 0.25) is 0 Å². The number of carbonyl (C=O) groups excluding carboxylic acids is 1. The highest BCUT2D eigenvalue weighted by molar-refractivity contribution is 5.82. The van der Waals surface area contributed by atoms with Gasteiger partial charge < -0.3 is 20.4 Å². The number of amides is 2. The predicted molar refractivity (Wildman–Crippen MR) is 63.7 cm³/mol. The zero-order valence-corrected chi connectivity index (χ0v) is 10.6. The molecule has 2 amide bonds. The lowest BCUT2D eigenvalue weighted by Crippen LogP contribution is -2.49. The minimum absolute atomic E-state index is 0.0492. The second-order valence-electron chi connectivity index (χ2n) is 3.92. The molecule has 0 aliphatic heterocycles. The average molecular weight is 257 g/mol. The van der Waals surface area contributed by atoms with Crippen molar-refractivity contribution in [3.8, 4) is 6.07 Å². The molecule has 18 heavy (non-hydrogen) atoms. The molecule has 0 saturated carbocycles. The van der Waals surface area contributed by atoms with Gasteiger partial charge in [-0.1, -0.05) is 0 Å². The monoisotopic (exact) mass is 257 g/mol. The van der Waals surface area contributed by atoms with E-state index >= 15 is 0 Å². The van der Waals surface area contributed by atoms with Gasteiger partial charge in [-0.2, -0.15) is 5.26 Å². The number of urea groups is 1. The molecule has 0 saturated heterocycles. The second kappa shape index (κ2) is 8.31. The maximum absolute atomic E-state index is 11.8. The van der Waals surface area contributed by atoms with Gasteiger partial charge in [0.15, 0.2) is 0 Å². The number of nitriles is 1. The highest BCUT2D eigenvalue weighted by atomic mass is 16.4. The Balaban J connectivity index is 4.50. The first kappa shape index (κ1) is 16.2. The number of aliphatic hydroxyl groups excluding tert-OH is 1. The Morgan fingerprint density at radius 1 is 1.50 bits per heavy atom. The predicted octanol–water partition coefficient (Wildman–Crippen LogP) is 0.0132. The molecule has 2 unspecified atom stereocenters. The van der Waals surface area contributed by atoms with Gasteiger partial charge in [-0.25, -0.2) is 9.59 Å². The van der Waals surface area contributed by atoms with Crippen LogP contribution in [0.25, 0.3) is 0 Å². The molecule has 7 heteroatoms. The molecule has 3 N–H and O–H groups in total. The Morgan fingerprint density at radius 2 is 2.11 bits per heavy atom. The third-order valence-electron chi connectivity index (χ3n) is 2.40. The Labute approximate surface area is 106 Å². The first-order valence-electron chi connectivity index (χ1n) is 5.74. The molecular formula is C11H19N3O4. The SMILES string of the molecule is CCN(CC(C)C#N)C(=O)NC(CCO)C(=O)O. The Hall–Kier alpha value is -1.81. The summed E-state index contributed by atoms with van der Waals surface area (Å²) in [6.07, 6.45) is -0.0492. The van der Waals surface area contributed by atoms with E-state index in [0.29, 0.717) is 6.54 Å². The molecule has 0 aliphatic carbocycles.